The van der Waals surface area contributed by atoms with E-state index in [1.54, 1.807) is 0 Å². The van der Waals surface area contributed by atoms with Gasteiger partial charge in [0.05, 0.1) is 25.7 Å². The Kier molecular flexibility index (Phi) is 11.0. The molecular formula is C27H48N2O5. The van der Waals surface area contributed by atoms with Gasteiger partial charge in [0, 0.05) is 32.5 Å². The summed E-state index contributed by atoms with van der Waals surface area (Å²) in [5.74, 6) is 0.574. The van der Waals surface area contributed by atoms with E-state index in [0.717, 1.165) is 38.7 Å². The quantitative estimate of drug-likeness (QED) is 0.334. The summed E-state index contributed by atoms with van der Waals surface area (Å²) < 4.78 is 11.1. The van der Waals surface area contributed by atoms with E-state index in [1.165, 1.54) is 4.90 Å². The van der Waals surface area contributed by atoms with E-state index in [1.807, 2.05) is 20.8 Å². The van der Waals surface area contributed by atoms with Gasteiger partial charge in [-0.3, -0.25) is 19.3 Å². The highest BCUT2D eigenvalue weighted by Crippen LogP contribution is 2.37. The minimum atomic E-state index is -0.204. The van der Waals surface area contributed by atoms with Crippen molar-refractivity contribution in [2.75, 3.05) is 39.5 Å². The molecule has 2 rings (SSSR count). The second-order valence-corrected chi connectivity index (χ2v) is 12.4. The van der Waals surface area contributed by atoms with E-state index in [4.69, 9.17) is 9.47 Å². The predicted molar refractivity (Wildman–Crippen MR) is 133 cm³/mol. The molecule has 34 heavy (non-hydrogen) atoms. The van der Waals surface area contributed by atoms with Gasteiger partial charge in [0.25, 0.3) is 0 Å². The monoisotopic (exact) mass is 480 g/mol. The van der Waals surface area contributed by atoms with Crippen LogP contribution in [0.5, 0.6) is 0 Å². The van der Waals surface area contributed by atoms with Crippen LogP contribution < -0.4 is 5.32 Å². The van der Waals surface area contributed by atoms with Crippen molar-refractivity contribution in [3.63, 3.8) is 0 Å². The van der Waals surface area contributed by atoms with Gasteiger partial charge in [-0.1, -0.05) is 41.5 Å². The minimum Gasteiger partial charge on any atom is -0.379 e. The Hall–Kier alpha value is -1.47. The molecule has 0 aromatic heterocycles. The summed E-state index contributed by atoms with van der Waals surface area (Å²) in [5.41, 5.74) is 0.101. The van der Waals surface area contributed by atoms with Crippen LogP contribution in [0, 0.1) is 28.6 Å². The molecule has 0 aromatic rings. The lowest BCUT2D eigenvalue weighted by Crippen LogP contribution is -2.38. The fourth-order valence-electron chi connectivity index (χ4n) is 4.73. The van der Waals surface area contributed by atoms with E-state index in [2.05, 4.69) is 26.1 Å². The molecule has 0 spiro atoms. The van der Waals surface area contributed by atoms with Gasteiger partial charge in [0.15, 0.2) is 0 Å². The molecule has 7 heteroatoms. The lowest BCUT2D eigenvalue weighted by Gasteiger charge is -2.31. The number of rotatable bonds is 12. The van der Waals surface area contributed by atoms with Crippen LogP contribution >= 0.6 is 0 Å². The zero-order valence-corrected chi connectivity index (χ0v) is 22.4. The highest BCUT2D eigenvalue weighted by atomic mass is 16.5. The van der Waals surface area contributed by atoms with Crippen LogP contribution in [-0.4, -0.2) is 62.1 Å². The van der Waals surface area contributed by atoms with Crippen LogP contribution in [0.2, 0.25) is 0 Å². The Labute approximate surface area is 206 Å². The number of ether oxygens (including phenoxy) is 2. The third-order valence-electron chi connectivity index (χ3n) is 7.11. The highest BCUT2D eigenvalue weighted by Gasteiger charge is 2.45. The molecule has 0 radical (unpaired) electrons. The van der Waals surface area contributed by atoms with E-state index >= 15 is 0 Å². The summed E-state index contributed by atoms with van der Waals surface area (Å²) in [6, 6.07) is 0. The topological polar surface area (TPSA) is 84.9 Å². The van der Waals surface area contributed by atoms with Crippen LogP contribution in [0.25, 0.3) is 0 Å². The summed E-state index contributed by atoms with van der Waals surface area (Å²) in [6.07, 6.45) is 5.78. The van der Waals surface area contributed by atoms with Gasteiger partial charge in [0.2, 0.25) is 17.7 Å². The van der Waals surface area contributed by atoms with E-state index in [0.29, 0.717) is 57.6 Å². The molecule has 1 heterocycles. The van der Waals surface area contributed by atoms with Gasteiger partial charge in [-0.05, 0) is 54.8 Å². The lowest BCUT2D eigenvalue weighted by molar-refractivity contribution is -0.141. The average molecular weight is 481 g/mol. The number of nitrogens with zero attached hydrogens (tertiary/aromatic N) is 1. The van der Waals surface area contributed by atoms with Crippen molar-refractivity contribution < 1.29 is 23.9 Å². The van der Waals surface area contributed by atoms with Gasteiger partial charge in [-0.25, -0.2) is 0 Å². The fourth-order valence-corrected chi connectivity index (χ4v) is 4.73. The molecule has 2 fully saturated rings. The summed E-state index contributed by atoms with van der Waals surface area (Å²) in [4.78, 5) is 38.9. The second-order valence-electron chi connectivity index (χ2n) is 12.4. The predicted octanol–water partition coefficient (Wildman–Crippen LogP) is 4.19. The van der Waals surface area contributed by atoms with E-state index in [-0.39, 0.29) is 34.5 Å². The number of imide groups is 1. The van der Waals surface area contributed by atoms with Crippen LogP contribution in [0.15, 0.2) is 0 Å². The molecule has 1 aliphatic heterocycles. The normalized spacial score (nSPS) is 24.1. The first-order chi connectivity index (χ1) is 15.9. The summed E-state index contributed by atoms with van der Waals surface area (Å²) in [5, 5.41) is 2.95. The summed E-state index contributed by atoms with van der Waals surface area (Å²) in [7, 11) is 0. The Balaban J connectivity index is 1.54. The molecule has 1 saturated heterocycles. The summed E-state index contributed by atoms with van der Waals surface area (Å²) in [6.45, 7) is 16.1. The maximum Gasteiger partial charge on any atom is 0.233 e. The van der Waals surface area contributed by atoms with Crippen molar-refractivity contribution in [2.45, 2.75) is 86.5 Å². The maximum absolute atomic E-state index is 12.7. The smallest absolute Gasteiger partial charge is 0.233 e. The van der Waals surface area contributed by atoms with E-state index < -0.39 is 0 Å². The van der Waals surface area contributed by atoms with Gasteiger partial charge < -0.3 is 14.8 Å². The molecule has 1 aliphatic carbocycles. The Morgan fingerprint density at radius 2 is 1.50 bits per heavy atom. The van der Waals surface area contributed by atoms with Crippen molar-refractivity contribution >= 4 is 17.7 Å². The van der Waals surface area contributed by atoms with Crippen LogP contribution in [0.4, 0.5) is 0 Å². The lowest BCUT2D eigenvalue weighted by atomic mass is 9.79. The standard InChI is InChI=1S/C27H48N2O5/c1-26(2,3)11-13-33-15-16-34-14-12-28-23(30)17-20-7-9-21(10-8-20)19-29-24(31)18-22(25(29)32)27(4,5)6/h20-22H,7-19H2,1-6H3,(H,28,30)/t20-,21-,22?. The molecule has 0 bridgehead atoms. The Morgan fingerprint density at radius 1 is 0.912 bits per heavy atom. The van der Waals surface area contributed by atoms with Crippen molar-refractivity contribution in [3.8, 4) is 0 Å². The van der Waals surface area contributed by atoms with Crippen molar-refractivity contribution in [2.24, 2.45) is 28.6 Å². The molecule has 196 valence electrons. The molecule has 1 N–H and O–H groups in total. The first-order valence-electron chi connectivity index (χ1n) is 13.1. The second kappa shape index (κ2) is 13.0. The third-order valence-corrected chi connectivity index (χ3v) is 7.11. The number of hydrogen-bond donors (Lipinski definition) is 1. The molecule has 1 atom stereocenters. The summed E-state index contributed by atoms with van der Waals surface area (Å²) >= 11 is 0. The zero-order chi connectivity index (χ0) is 25.4. The fraction of sp³-hybridized carbons (Fsp3) is 0.889. The Bertz CT molecular complexity index is 671. The van der Waals surface area contributed by atoms with Crippen molar-refractivity contribution in [1.82, 2.24) is 10.2 Å². The van der Waals surface area contributed by atoms with Crippen molar-refractivity contribution in [3.05, 3.63) is 0 Å². The molecule has 7 nitrogen and oxygen atoms in total. The highest BCUT2D eigenvalue weighted by molar-refractivity contribution is 6.03. The zero-order valence-electron chi connectivity index (χ0n) is 22.4. The van der Waals surface area contributed by atoms with Crippen molar-refractivity contribution in [1.29, 1.82) is 0 Å². The molecule has 3 amide bonds. The number of hydrogen-bond acceptors (Lipinski definition) is 5. The van der Waals surface area contributed by atoms with Gasteiger partial charge >= 0.3 is 0 Å². The minimum absolute atomic E-state index is 0.00214. The van der Waals surface area contributed by atoms with Gasteiger partial charge in [-0.15, -0.1) is 0 Å². The van der Waals surface area contributed by atoms with Gasteiger partial charge in [-0.2, -0.15) is 0 Å². The van der Waals surface area contributed by atoms with Gasteiger partial charge in [0.1, 0.15) is 0 Å². The number of nitrogens with one attached hydrogen (secondary N) is 1. The van der Waals surface area contributed by atoms with E-state index in [9.17, 15) is 14.4 Å². The third kappa shape index (κ3) is 10.0. The number of carbonyl (C=O) groups is 3. The van der Waals surface area contributed by atoms with Crippen LogP contribution in [0.1, 0.15) is 86.5 Å². The number of carbonyl (C=O) groups excluding carboxylic acids is 3. The molecule has 2 aliphatic rings. The van der Waals surface area contributed by atoms with Crippen LogP contribution in [-0.2, 0) is 23.9 Å². The molecular weight excluding hydrogens is 432 g/mol. The largest absolute Gasteiger partial charge is 0.379 e. The average Bonchev–Trinajstić information content (AvgIpc) is 3.01. The first-order valence-corrected chi connectivity index (χ1v) is 13.1. The first kappa shape index (κ1) is 28.8. The Morgan fingerprint density at radius 3 is 2.06 bits per heavy atom. The molecule has 0 aromatic carbocycles. The molecule has 1 unspecified atom stereocenters. The SMILES string of the molecule is CC(C)(C)CCOCCOCCNC(=O)C[C@H]1CC[C@H](CN2C(=O)CC(C(C)(C)C)C2=O)CC1. The molecule has 1 saturated carbocycles. The van der Waals surface area contributed by atoms with Crippen LogP contribution in [0.3, 0.4) is 0 Å². The number of likely N-dealkylation sites (tertiary alicyclic amines) is 1. The maximum atomic E-state index is 12.7. The number of amides is 3.